The number of rotatable bonds is 2. The SMILES string of the molecule is NN.O=C(O)c1ccc(-c2ccccc2)cc1. The van der Waals surface area contributed by atoms with Gasteiger partial charge in [0, 0.05) is 0 Å². The van der Waals surface area contributed by atoms with Crippen LogP contribution in [0.3, 0.4) is 0 Å². The van der Waals surface area contributed by atoms with Crippen molar-refractivity contribution in [1.29, 1.82) is 0 Å². The van der Waals surface area contributed by atoms with Gasteiger partial charge in [0.15, 0.2) is 0 Å². The van der Waals surface area contributed by atoms with Gasteiger partial charge < -0.3 is 5.11 Å². The van der Waals surface area contributed by atoms with Crippen LogP contribution in [0.15, 0.2) is 54.6 Å². The average Bonchev–Trinajstić information content (AvgIpc) is 2.42. The lowest BCUT2D eigenvalue weighted by Crippen LogP contribution is -2.02. The molecule has 0 heterocycles. The lowest BCUT2D eigenvalue weighted by Gasteiger charge is -2.01. The smallest absolute Gasteiger partial charge is 0.335 e. The molecular weight excluding hydrogens is 216 g/mol. The van der Waals surface area contributed by atoms with Crippen molar-refractivity contribution in [2.24, 2.45) is 11.7 Å². The number of aromatic carboxylic acids is 1. The molecule has 5 N–H and O–H groups in total. The molecule has 0 radical (unpaired) electrons. The van der Waals surface area contributed by atoms with E-state index in [0.29, 0.717) is 5.56 Å². The summed E-state index contributed by atoms with van der Waals surface area (Å²) in [6.07, 6.45) is 0. The molecule has 0 aliphatic carbocycles. The molecule has 0 aliphatic heterocycles. The van der Waals surface area contributed by atoms with Crippen LogP contribution in [-0.2, 0) is 0 Å². The molecule has 0 spiro atoms. The summed E-state index contributed by atoms with van der Waals surface area (Å²) < 4.78 is 0. The minimum atomic E-state index is -0.894. The van der Waals surface area contributed by atoms with Crippen molar-refractivity contribution in [1.82, 2.24) is 0 Å². The standard InChI is InChI=1S/C13H10O2.H4N2/c14-13(15)12-8-6-11(7-9-12)10-4-2-1-3-5-10;1-2/h1-9H,(H,14,15);1-2H2. The van der Waals surface area contributed by atoms with Crippen LogP contribution in [0.1, 0.15) is 10.4 Å². The highest BCUT2D eigenvalue weighted by molar-refractivity contribution is 5.88. The molecule has 0 bridgehead atoms. The highest BCUT2D eigenvalue weighted by Gasteiger charge is 2.02. The van der Waals surface area contributed by atoms with Crippen LogP contribution in [0.4, 0.5) is 0 Å². The van der Waals surface area contributed by atoms with Gasteiger partial charge in [-0.25, -0.2) is 4.79 Å². The quantitative estimate of drug-likeness (QED) is 0.542. The van der Waals surface area contributed by atoms with Gasteiger partial charge in [-0.3, -0.25) is 11.7 Å². The third kappa shape index (κ3) is 3.41. The van der Waals surface area contributed by atoms with Gasteiger partial charge in [0.25, 0.3) is 0 Å². The second kappa shape index (κ2) is 6.42. The van der Waals surface area contributed by atoms with Crippen LogP contribution < -0.4 is 11.7 Å². The maximum atomic E-state index is 10.6. The first-order valence-corrected chi connectivity index (χ1v) is 4.99. The van der Waals surface area contributed by atoms with Crippen molar-refractivity contribution in [2.75, 3.05) is 0 Å². The maximum Gasteiger partial charge on any atom is 0.335 e. The van der Waals surface area contributed by atoms with Crippen LogP contribution in [0.25, 0.3) is 11.1 Å². The normalized spacial score (nSPS) is 9.06. The van der Waals surface area contributed by atoms with E-state index >= 15 is 0 Å². The Hall–Kier alpha value is -2.17. The summed E-state index contributed by atoms with van der Waals surface area (Å²) in [4.78, 5) is 10.6. The zero-order chi connectivity index (χ0) is 12.7. The first-order valence-electron chi connectivity index (χ1n) is 4.99. The predicted molar refractivity (Wildman–Crippen MR) is 67.2 cm³/mol. The van der Waals surface area contributed by atoms with E-state index in [0.717, 1.165) is 11.1 Å². The topological polar surface area (TPSA) is 89.3 Å². The Balaban J connectivity index is 0.000000686. The second-order valence-electron chi connectivity index (χ2n) is 3.25. The van der Waals surface area contributed by atoms with Crippen LogP contribution in [0.2, 0.25) is 0 Å². The molecule has 0 saturated heterocycles. The van der Waals surface area contributed by atoms with Crippen molar-refractivity contribution < 1.29 is 9.90 Å². The van der Waals surface area contributed by atoms with Crippen molar-refractivity contribution >= 4 is 5.97 Å². The number of hydrogen-bond donors (Lipinski definition) is 3. The molecule has 4 heteroatoms. The van der Waals surface area contributed by atoms with Crippen LogP contribution in [0, 0.1) is 0 Å². The van der Waals surface area contributed by atoms with Crippen molar-refractivity contribution in [3.63, 3.8) is 0 Å². The zero-order valence-electron chi connectivity index (χ0n) is 9.21. The van der Waals surface area contributed by atoms with Crippen molar-refractivity contribution in [3.8, 4) is 11.1 Å². The highest BCUT2D eigenvalue weighted by Crippen LogP contribution is 2.18. The number of hydrogen-bond acceptors (Lipinski definition) is 3. The van der Waals surface area contributed by atoms with Gasteiger partial charge in [0.1, 0.15) is 0 Å². The number of carbonyl (C=O) groups is 1. The maximum absolute atomic E-state index is 10.6. The summed E-state index contributed by atoms with van der Waals surface area (Å²) in [7, 11) is 0. The van der Waals surface area contributed by atoms with E-state index in [9.17, 15) is 4.79 Å². The summed E-state index contributed by atoms with van der Waals surface area (Å²) in [6, 6.07) is 16.7. The summed E-state index contributed by atoms with van der Waals surface area (Å²) in [5.41, 5.74) is 2.43. The second-order valence-corrected chi connectivity index (χ2v) is 3.25. The predicted octanol–water partition coefficient (Wildman–Crippen LogP) is 1.87. The molecule has 0 amide bonds. The highest BCUT2D eigenvalue weighted by atomic mass is 16.4. The zero-order valence-corrected chi connectivity index (χ0v) is 9.21. The Bertz CT molecular complexity index is 467. The number of hydrazine groups is 1. The van der Waals surface area contributed by atoms with Crippen molar-refractivity contribution in [3.05, 3.63) is 60.2 Å². The fraction of sp³-hybridized carbons (Fsp3) is 0. The average molecular weight is 230 g/mol. The monoisotopic (exact) mass is 230 g/mol. The minimum absolute atomic E-state index is 0.315. The van der Waals surface area contributed by atoms with Crippen molar-refractivity contribution in [2.45, 2.75) is 0 Å². The third-order valence-electron chi connectivity index (χ3n) is 2.24. The molecule has 2 rings (SSSR count). The van der Waals surface area contributed by atoms with Crippen LogP contribution >= 0.6 is 0 Å². The largest absolute Gasteiger partial charge is 0.478 e. The fourth-order valence-electron chi connectivity index (χ4n) is 1.44. The Morgan fingerprint density at radius 2 is 1.29 bits per heavy atom. The Morgan fingerprint density at radius 1 is 0.824 bits per heavy atom. The fourth-order valence-corrected chi connectivity index (χ4v) is 1.44. The molecule has 0 fully saturated rings. The third-order valence-corrected chi connectivity index (χ3v) is 2.24. The lowest BCUT2D eigenvalue weighted by atomic mass is 10.0. The van der Waals surface area contributed by atoms with E-state index in [1.165, 1.54) is 0 Å². The number of carboxylic acid groups (broad SMARTS) is 1. The van der Waals surface area contributed by atoms with E-state index in [4.69, 9.17) is 5.11 Å². The molecule has 88 valence electrons. The molecule has 2 aromatic rings. The molecular formula is C13H14N2O2. The van der Waals surface area contributed by atoms with Gasteiger partial charge >= 0.3 is 5.97 Å². The first kappa shape index (κ1) is 12.9. The summed E-state index contributed by atoms with van der Waals surface area (Å²) >= 11 is 0. The van der Waals surface area contributed by atoms with Gasteiger partial charge in [-0.05, 0) is 23.3 Å². The number of benzene rings is 2. The molecule has 17 heavy (non-hydrogen) atoms. The Labute approximate surface area is 99.5 Å². The van der Waals surface area contributed by atoms with Crippen LogP contribution in [-0.4, -0.2) is 11.1 Å². The van der Waals surface area contributed by atoms with Gasteiger partial charge in [0.2, 0.25) is 0 Å². The summed E-state index contributed by atoms with van der Waals surface area (Å²) in [6.45, 7) is 0. The van der Waals surface area contributed by atoms with Gasteiger partial charge in [-0.1, -0.05) is 42.5 Å². The molecule has 0 atom stereocenters. The van der Waals surface area contributed by atoms with E-state index in [1.54, 1.807) is 12.1 Å². The van der Waals surface area contributed by atoms with E-state index in [1.807, 2.05) is 42.5 Å². The van der Waals surface area contributed by atoms with E-state index < -0.39 is 5.97 Å². The number of carboxylic acids is 1. The Morgan fingerprint density at radius 3 is 1.76 bits per heavy atom. The summed E-state index contributed by atoms with van der Waals surface area (Å²) in [5, 5.41) is 8.75. The van der Waals surface area contributed by atoms with E-state index in [-0.39, 0.29) is 0 Å². The van der Waals surface area contributed by atoms with Gasteiger partial charge in [0.05, 0.1) is 5.56 Å². The molecule has 0 unspecified atom stereocenters. The van der Waals surface area contributed by atoms with Crippen LogP contribution in [0.5, 0.6) is 0 Å². The Kier molecular flexibility index (Phi) is 4.87. The molecule has 4 nitrogen and oxygen atoms in total. The first-order chi connectivity index (χ1) is 8.27. The van der Waals surface area contributed by atoms with Gasteiger partial charge in [-0.2, -0.15) is 0 Å². The molecule has 0 aromatic heterocycles. The molecule has 0 saturated carbocycles. The lowest BCUT2D eigenvalue weighted by molar-refractivity contribution is 0.0697. The van der Waals surface area contributed by atoms with Gasteiger partial charge in [-0.15, -0.1) is 0 Å². The molecule has 2 aromatic carbocycles. The molecule has 0 aliphatic rings. The van der Waals surface area contributed by atoms with E-state index in [2.05, 4.69) is 11.7 Å². The number of nitrogens with two attached hydrogens (primary N) is 2. The minimum Gasteiger partial charge on any atom is -0.478 e. The summed E-state index contributed by atoms with van der Waals surface area (Å²) in [5.74, 6) is 7.11.